The smallest absolute Gasteiger partial charge is 0.260 e. The Labute approximate surface area is 109 Å². The number of aromatic hydroxyl groups is 1. The quantitative estimate of drug-likeness (QED) is 0.582. The highest BCUT2D eigenvalue weighted by Crippen LogP contribution is 2.32. The first-order valence-electron chi connectivity index (χ1n) is 5.87. The van der Waals surface area contributed by atoms with Gasteiger partial charge in [-0.15, -0.1) is 0 Å². The third-order valence-corrected chi connectivity index (χ3v) is 3.07. The first-order valence-corrected chi connectivity index (χ1v) is 5.87. The predicted octanol–water partition coefficient (Wildman–Crippen LogP) is 2.48. The van der Waals surface area contributed by atoms with Crippen LogP contribution in [0.1, 0.15) is 0 Å². The number of nitrogens with one attached hydrogen (secondary N) is 1. The zero-order valence-corrected chi connectivity index (χ0v) is 10.1. The summed E-state index contributed by atoms with van der Waals surface area (Å²) >= 11 is 0. The standard InChI is InChI=1S/C15H12N2O2/c16-10-6-7-12-11(8-10)14(18)13(15(19)17-12)9-4-2-1-3-5-9/h1-8H,16H2,(H2,17,18,19). The number of aromatic nitrogens is 1. The highest BCUT2D eigenvalue weighted by Gasteiger charge is 2.13. The van der Waals surface area contributed by atoms with Crippen LogP contribution in [0.5, 0.6) is 5.75 Å². The van der Waals surface area contributed by atoms with E-state index in [1.165, 1.54) is 0 Å². The lowest BCUT2D eigenvalue weighted by atomic mass is 10.0. The van der Waals surface area contributed by atoms with Crippen LogP contribution in [0.2, 0.25) is 0 Å². The number of nitrogen functional groups attached to an aromatic ring is 1. The summed E-state index contributed by atoms with van der Waals surface area (Å²) in [5.41, 5.74) is 7.43. The summed E-state index contributed by atoms with van der Waals surface area (Å²) in [5.74, 6) is -0.0442. The van der Waals surface area contributed by atoms with Gasteiger partial charge >= 0.3 is 0 Å². The van der Waals surface area contributed by atoms with E-state index in [1.807, 2.05) is 18.2 Å². The van der Waals surface area contributed by atoms with E-state index in [0.717, 1.165) is 0 Å². The molecule has 94 valence electrons. The van der Waals surface area contributed by atoms with Gasteiger partial charge in [0.15, 0.2) is 0 Å². The number of H-pyrrole nitrogens is 1. The monoisotopic (exact) mass is 252 g/mol. The first kappa shape index (κ1) is 11.3. The number of benzene rings is 2. The number of pyridine rings is 1. The molecule has 0 amide bonds. The van der Waals surface area contributed by atoms with Crippen LogP contribution in [-0.4, -0.2) is 10.1 Å². The molecule has 0 fully saturated rings. The van der Waals surface area contributed by atoms with Gasteiger partial charge < -0.3 is 15.8 Å². The molecule has 1 heterocycles. The molecule has 0 saturated carbocycles. The average molecular weight is 252 g/mol. The van der Waals surface area contributed by atoms with E-state index in [-0.39, 0.29) is 16.9 Å². The molecule has 19 heavy (non-hydrogen) atoms. The largest absolute Gasteiger partial charge is 0.506 e. The molecular formula is C15H12N2O2. The minimum absolute atomic E-state index is 0.0442. The van der Waals surface area contributed by atoms with E-state index in [4.69, 9.17) is 5.73 Å². The van der Waals surface area contributed by atoms with Gasteiger partial charge in [-0.2, -0.15) is 0 Å². The fourth-order valence-electron chi connectivity index (χ4n) is 2.17. The third-order valence-electron chi connectivity index (χ3n) is 3.07. The molecule has 4 N–H and O–H groups in total. The summed E-state index contributed by atoms with van der Waals surface area (Å²) in [6.45, 7) is 0. The van der Waals surface area contributed by atoms with Crippen molar-refractivity contribution in [1.29, 1.82) is 0 Å². The Hall–Kier alpha value is -2.75. The van der Waals surface area contributed by atoms with Gasteiger partial charge in [0.1, 0.15) is 5.75 Å². The number of aromatic amines is 1. The molecule has 0 aliphatic rings. The molecule has 0 aliphatic heterocycles. The maximum Gasteiger partial charge on any atom is 0.260 e. The molecule has 0 atom stereocenters. The van der Waals surface area contributed by atoms with Gasteiger partial charge in [0.25, 0.3) is 5.56 Å². The summed E-state index contributed by atoms with van der Waals surface area (Å²) in [6.07, 6.45) is 0. The molecule has 0 bridgehead atoms. The fraction of sp³-hybridized carbons (Fsp3) is 0. The van der Waals surface area contributed by atoms with Crippen LogP contribution in [-0.2, 0) is 0 Å². The number of hydrogen-bond acceptors (Lipinski definition) is 3. The van der Waals surface area contributed by atoms with Crippen molar-refractivity contribution in [2.75, 3.05) is 5.73 Å². The maximum atomic E-state index is 12.1. The van der Waals surface area contributed by atoms with Crippen molar-refractivity contribution in [2.45, 2.75) is 0 Å². The summed E-state index contributed by atoms with van der Waals surface area (Å²) in [5, 5.41) is 10.9. The Kier molecular flexibility index (Phi) is 2.49. The lowest BCUT2D eigenvalue weighted by molar-refractivity contribution is 0.482. The van der Waals surface area contributed by atoms with Crippen LogP contribution in [0.25, 0.3) is 22.0 Å². The lowest BCUT2D eigenvalue weighted by Gasteiger charge is -2.08. The Morgan fingerprint density at radius 2 is 1.79 bits per heavy atom. The third kappa shape index (κ3) is 1.83. The minimum atomic E-state index is -0.319. The molecule has 4 heteroatoms. The molecule has 3 rings (SSSR count). The van der Waals surface area contributed by atoms with Gasteiger partial charge in [0.2, 0.25) is 0 Å². The van der Waals surface area contributed by atoms with Gasteiger partial charge in [0, 0.05) is 11.1 Å². The molecular weight excluding hydrogens is 240 g/mol. The van der Waals surface area contributed by atoms with Gasteiger partial charge in [-0.3, -0.25) is 4.79 Å². The summed E-state index contributed by atoms with van der Waals surface area (Å²) in [6, 6.07) is 14.1. The topological polar surface area (TPSA) is 79.1 Å². The van der Waals surface area contributed by atoms with Crippen molar-refractivity contribution < 1.29 is 5.11 Å². The van der Waals surface area contributed by atoms with Crippen LogP contribution >= 0.6 is 0 Å². The summed E-state index contributed by atoms with van der Waals surface area (Å²) in [7, 11) is 0. The van der Waals surface area contributed by atoms with Crippen LogP contribution in [0.4, 0.5) is 5.69 Å². The van der Waals surface area contributed by atoms with E-state index < -0.39 is 0 Å². The predicted molar refractivity (Wildman–Crippen MR) is 76.1 cm³/mol. The molecule has 1 aromatic heterocycles. The lowest BCUT2D eigenvalue weighted by Crippen LogP contribution is -2.09. The SMILES string of the molecule is Nc1ccc2[nH]c(=O)c(-c3ccccc3)c(O)c2c1. The second-order valence-electron chi connectivity index (χ2n) is 4.35. The van der Waals surface area contributed by atoms with Gasteiger partial charge in [-0.05, 0) is 23.8 Å². The fourth-order valence-corrected chi connectivity index (χ4v) is 2.17. The van der Waals surface area contributed by atoms with E-state index in [0.29, 0.717) is 22.2 Å². The Morgan fingerprint density at radius 3 is 2.53 bits per heavy atom. The number of nitrogens with two attached hydrogens (primary N) is 1. The Balaban J connectivity index is 2.40. The van der Waals surface area contributed by atoms with Crippen molar-refractivity contribution >= 4 is 16.6 Å². The molecule has 0 spiro atoms. The van der Waals surface area contributed by atoms with E-state index in [1.54, 1.807) is 30.3 Å². The molecule has 0 unspecified atom stereocenters. The van der Waals surface area contributed by atoms with Crippen molar-refractivity contribution in [1.82, 2.24) is 4.98 Å². The normalized spacial score (nSPS) is 10.7. The molecule has 0 radical (unpaired) electrons. The summed E-state index contributed by atoms with van der Waals surface area (Å²) in [4.78, 5) is 14.8. The van der Waals surface area contributed by atoms with Gasteiger partial charge in [0.05, 0.1) is 11.1 Å². The van der Waals surface area contributed by atoms with Crippen molar-refractivity contribution in [3.05, 3.63) is 58.9 Å². The zero-order valence-electron chi connectivity index (χ0n) is 10.1. The van der Waals surface area contributed by atoms with Crippen molar-refractivity contribution in [2.24, 2.45) is 0 Å². The number of fused-ring (bicyclic) bond motifs is 1. The van der Waals surface area contributed by atoms with E-state index >= 15 is 0 Å². The second-order valence-corrected chi connectivity index (χ2v) is 4.35. The summed E-state index contributed by atoms with van der Waals surface area (Å²) < 4.78 is 0. The number of rotatable bonds is 1. The molecule has 0 aliphatic carbocycles. The van der Waals surface area contributed by atoms with Crippen LogP contribution in [0.3, 0.4) is 0 Å². The van der Waals surface area contributed by atoms with Crippen LogP contribution in [0, 0.1) is 0 Å². The Morgan fingerprint density at radius 1 is 1.05 bits per heavy atom. The second kappa shape index (κ2) is 4.17. The van der Waals surface area contributed by atoms with E-state index in [2.05, 4.69) is 4.98 Å². The minimum Gasteiger partial charge on any atom is -0.506 e. The molecule has 0 saturated heterocycles. The van der Waals surface area contributed by atoms with Crippen LogP contribution < -0.4 is 11.3 Å². The highest BCUT2D eigenvalue weighted by atomic mass is 16.3. The molecule has 2 aromatic carbocycles. The van der Waals surface area contributed by atoms with Crippen LogP contribution in [0.15, 0.2) is 53.3 Å². The number of hydrogen-bond donors (Lipinski definition) is 3. The zero-order chi connectivity index (χ0) is 13.4. The Bertz CT molecular complexity index is 807. The van der Waals surface area contributed by atoms with Gasteiger partial charge in [-0.25, -0.2) is 0 Å². The first-order chi connectivity index (χ1) is 9.16. The molecule has 3 aromatic rings. The van der Waals surface area contributed by atoms with Gasteiger partial charge in [-0.1, -0.05) is 30.3 Å². The maximum absolute atomic E-state index is 12.1. The van der Waals surface area contributed by atoms with E-state index in [9.17, 15) is 9.90 Å². The van der Waals surface area contributed by atoms with Crippen molar-refractivity contribution in [3.63, 3.8) is 0 Å². The van der Waals surface area contributed by atoms with Crippen molar-refractivity contribution in [3.8, 4) is 16.9 Å². The molecule has 4 nitrogen and oxygen atoms in total. The number of anilines is 1. The highest BCUT2D eigenvalue weighted by molar-refractivity contribution is 5.93. The average Bonchev–Trinajstić information content (AvgIpc) is 2.41.